The Hall–Kier alpha value is -2.44. The molecule has 0 radical (unpaired) electrons. The monoisotopic (exact) mass is 432 g/mol. The quantitative estimate of drug-likeness (QED) is 0.685. The summed E-state index contributed by atoms with van der Waals surface area (Å²) < 4.78 is 16.2. The van der Waals surface area contributed by atoms with Crippen LogP contribution in [0.2, 0.25) is 5.02 Å². The van der Waals surface area contributed by atoms with Gasteiger partial charge in [0, 0.05) is 30.2 Å². The van der Waals surface area contributed by atoms with Crippen LogP contribution in [-0.4, -0.2) is 45.2 Å². The number of methoxy groups -OCH3 is 3. The fourth-order valence-electron chi connectivity index (χ4n) is 3.91. The zero-order valence-electron chi connectivity index (χ0n) is 17.7. The van der Waals surface area contributed by atoms with Crippen molar-refractivity contribution < 1.29 is 19.0 Å². The van der Waals surface area contributed by atoms with Crippen LogP contribution in [0.25, 0.3) is 0 Å². The summed E-state index contributed by atoms with van der Waals surface area (Å²) in [5.74, 6) is 1.69. The number of ether oxygens (including phenoxy) is 3. The van der Waals surface area contributed by atoms with E-state index in [0.29, 0.717) is 23.8 Å². The van der Waals surface area contributed by atoms with Gasteiger partial charge in [-0.15, -0.1) is 0 Å². The van der Waals surface area contributed by atoms with Crippen molar-refractivity contribution in [2.75, 3.05) is 34.4 Å². The largest absolute Gasteiger partial charge is 0.493 e. The normalized spacial score (nSPS) is 16.7. The number of hydrogen-bond donors (Lipinski definition) is 1. The number of likely N-dealkylation sites (tertiary alicyclic amines) is 1. The minimum Gasteiger partial charge on any atom is -0.493 e. The molecule has 0 aliphatic carbocycles. The Bertz CT molecular complexity index is 874. The first kappa shape index (κ1) is 22.2. The first-order valence-corrected chi connectivity index (χ1v) is 10.5. The van der Waals surface area contributed by atoms with E-state index in [0.717, 1.165) is 48.6 Å². The highest BCUT2D eigenvalue weighted by atomic mass is 35.5. The van der Waals surface area contributed by atoms with Gasteiger partial charge in [0.05, 0.1) is 27.2 Å². The standard InChI is InChI=1S/C23H29ClN2O4/c1-28-20-11-10-16(21(29-2)22(20)30-3)13-25-23(27)18-8-6-12-26(15-18)14-17-7-4-5-9-19(17)24/h4-5,7,9-11,18H,6,8,12-15H2,1-3H3,(H,25,27). The lowest BCUT2D eigenvalue weighted by Crippen LogP contribution is -2.42. The van der Waals surface area contributed by atoms with E-state index in [9.17, 15) is 4.79 Å². The highest BCUT2D eigenvalue weighted by Gasteiger charge is 2.26. The molecule has 1 amide bonds. The highest BCUT2D eigenvalue weighted by Crippen LogP contribution is 2.39. The topological polar surface area (TPSA) is 60.0 Å². The summed E-state index contributed by atoms with van der Waals surface area (Å²) in [5.41, 5.74) is 1.93. The SMILES string of the molecule is COc1ccc(CNC(=O)C2CCCN(Cc3ccccc3Cl)C2)c(OC)c1OC. The fourth-order valence-corrected chi connectivity index (χ4v) is 4.11. The number of benzene rings is 2. The molecule has 6 nitrogen and oxygen atoms in total. The molecule has 1 atom stereocenters. The molecular weight excluding hydrogens is 404 g/mol. The summed E-state index contributed by atoms with van der Waals surface area (Å²) in [5, 5.41) is 3.83. The van der Waals surface area contributed by atoms with E-state index in [2.05, 4.69) is 10.2 Å². The zero-order chi connectivity index (χ0) is 21.5. The number of nitrogens with zero attached hydrogens (tertiary/aromatic N) is 1. The van der Waals surface area contributed by atoms with Crippen LogP contribution in [0.4, 0.5) is 0 Å². The summed E-state index contributed by atoms with van der Waals surface area (Å²) in [7, 11) is 4.73. The van der Waals surface area contributed by atoms with Gasteiger partial charge in [-0.05, 0) is 43.1 Å². The van der Waals surface area contributed by atoms with E-state index < -0.39 is 0 Å². The van der Waals surface area contributed by atoms with Crippen molar-refractivity contribution in [2.45, 2.75) is 25.9 Å². The second-order valence-electron chi connectivity index (χ2n) is 7.38. The molecule has 0 spiro atoms. The molecule has 1 fully saturated rings. The van der Waals surface area contributed by atoms with Crippen LogP contribution < -0.4 is 19.5 Å². The first-order valence-electron chi connectivity index (χ1n) is 10.1. The van der Waals surface area contributed by atoms with Crippen molar-refractivity contribution in [1.29, 1.82) is 0 Å². The molecule has 2 aromatic rings. The van der Waals surface area contributed by atoms with Crippen LogP contribution in [0.5, 0.6) is 17.2 Å². The number of nitrogens with one attached hydrogen (secondary N) is 1. The Kier molecular flexibility index (Phi) is 7.82. The first-order chi connectivity index (χ1) is 14.6. The number of carbonyl (C=O) groups excluding carboxylic acids is 1. The summed E-state index contributed by atoms with van der Waals surface area (Å²) in [6.45, 7) is 2.81. The Labute approximate surface area is 183 Å². The van der Waals surface area contributed by atoms with Crippen LogP contribution in [0.15, 0.2) is 36.4 Å². The maximum atomic E-state index is 12.9. The van der Waals surface area contributed by atoms with Crippen LogP contribution in [0.3, 0.4) is 0 Å². The summed E-state index contributed by atoms with van der Waals surface area (Å²) in [4.78, 5) is 15.2. The molecule has 30 heavy (non-hydrogen) atoms. The lowest BCUT2D eigenvalue weighted by molar-refractivity contribution is -0.126. The smallest absolute Gasteiger partial charge is 0.224 e. The van der Waals surface area contributed by atoms with Crippen LogP contribution in [0, 0.1) is 5.92 Å². The average Bonchev–Trinajstić information content (AvgIpc) is 2.78. The van der Waals surface area contributed by atoms with Crippen molar-refractivity contribution in [3.05, 3.63) is 52.5 Å². The molecule has 0 bridgehead atoms. The molecule has 1 heterocycles. The van der Waals surface area contributed by atoms with Crippen molar-refractivity contribution in [3.8, 4) is 17.2 Å². The lowest BCUT2D eigenvalue weighted by atomic mass is 9.96. The minimum atomic E-state index is -0.0487. The molecule has 0 aromatic heterocycles. The number of piperidine rings is 1. The molecule has 1 unspecified atom stereocenters. The molecule has 162 valence electrons. The summed E-state index contributed by atoms with van der Waals surface area (Å²) in [6, 6.07) is 11.6. The number of amides is 1. The van der Waals surface area contributed by atoms with Crippen molar-refractivity contribution in [3.63, 3.8) is 0 Å². The van der Waals surface area contributed by atoms with Crippen LogP contribution in [-0.2, 0) is 17.9 Å². The third kappa shape index (κ3) is 5.18. The van der Waals surface area contributed by atoms with Gasteiger partial charge in [-0.1, -0.05) is 29.8 Å². The van der Waals surface area contributed by atoms with Crippen molar-refractivity contribution in [2.24, 2.45) is 5.92 Å². The molecular formula is C23H29ClN2O4. The molecule has 2 aromatic carbocycles. The molecule has 1 N–H and O–H groups in total. The highest BCUT2D eigenvalue weighted by molar-refractivity contribution is 6.31. The maximum absolute atomic E-state index is 12.9. The average molecular weight is 433 g/mol. The van der Waals surface area contributed by atoms with Gasteiger partial charge in [0.15, 0.2) is 11.5 Å². The summed E-state index contributed by atoms with van der Waals surface area (Å²) in [6.07, 6.45) is 1.87. The van der Waals surface area contributed by atoms with Crippen LogP contribution >= 0.6 is 11.6 Å². The predicted molar refractivity (Wildman–Crippen MR) is 117 cm³/mol. The van der Waals surface area contributed by atoms with Gasteiger partial charge in [-0.2, -0.15) is 0 Å². The Morgan fingerprint density at radius 1 is 1.07 bits per heavy atom. The third-order valence-corrected chi connectivity index (χ3v) is 5.84. The van der Waals surface area contributed by atoms with E-state index in [1.165, 1.54) is 0 Å². The van der Waals surface area contributed by atoms with Gasteiger partial charge in [-0.25, -0.2) is 0 Å². The molecule has 1 aliphatic rings. The van der Waals surface area contributed by atoms with Gasteiger partial charge < -0.3 is 19.5 Å². The second-order valence-corrected chi connectivity index (χ2v) is 7.78. The maximum Gasteiger partial charge on any atom is 0.224 e. The molecule has 1 aliphatic heterocycles. The van der Waals surface area contributed by atoms with E-state index in [-0.39, 0.29) is 11.8 Å². The number of halogens is 1. The number of hydrogen-bond acceptors (Lipinski definition) is 5. The fraction of sp³-hybridized carbons (Fsp3) is 0.435. The number of rotatable bonds is 8. The van der Waals surface area contributed by atoms with Gasteiger partial charge >= 0.3 is 0 Å². The van der Waals surface area contributed by atoms with E-state index >= 15 is 0 Å². The van der Waals surface area contributed by atoms with Crippen molar-refractivity contribution >= 4 is 17.5 Å². The zero-order valence-corrected chi connectivity index (χ0v) is 18.5. The van der Waals surface area contributed by atoms with Crippen LogP contribution in [0.1, 0.15) is 24.0 Å². The van der Waals surface area contributed by atoms with Gasteiger partial charge in [0.25, 0.3) is 0 Å². The Balaban J connectivity index is 1.61. The van der Waals surface area contributed by atoms with Gasteiger partial charge in [0.1, 0.15) is 0 Å². The Morgan fingerprint density at radius 2 is 1.83 bits per heavy atom. The third-order valence-electron chi connectivity index (χ3n) is 5.47. The van der Waals surface area contributed by atoms with E-state index in [1.807, 2.05) is 36.4 Å². The lowest BCUT2D eigenvalue weighted by Gasteiger charge is -2.32. The number of carbonyl (C=O) groups is 1. The minimum absolute atomic E-state index is 0.0487. The predicted octanol–water partition coefficient (Wildman–Crippen LogP) is 3.89. The molecule has 7 heteroatoms. The summed E-state index contributed by atoms with van der Waals surface area (Å²) >= 11 is 6.30. The molecule has 0 saturated carbocycles. The van der Waals surface area contributed by atoms with E-state index in [4.69, 9.17) is 25.8 Å². The van der Waals surface area contributed by atoms with Crippen molar-refractivity contribution in [1.82, 2.24) is 10.2 Å². The van der Waals surface area contributed by atoms with E-state index in [1.54, 1.807) is 21.3 Å². The van der Waals surface area contributed by atoms with Gasteiger partial charge in [0.2, 0.25) is 11.7 Å². The molecule has 1 saturated heterocycles. The second kappa shape index (κ2) is 10.5. The Morgan fingerprint density at radius 3 is 2.53 bits per heavy atom. The molecule has 3 rings (SSSR count). The van der Waals surface area contributed by atoms with Gasteiger partial charge in [-0.3, -0.25) is 9.69 Å².